The van der Waals surface area contributed by atoms with Crippen LogP contribution in [0.1, 0.15) is 20.6 Å². The molecular formula is C38H22O2. The molecule has 40 heavy (non-hydrogen) atoms. The molecule has 0 aliphatic rings. The van der Waals surface area contributed by atoms with Crippen molar-refractivity contribution >= 4 is 65.2 Å². The van der Waals surface area contributed by atoms with Crippen LogP contribution in [0, 0.1) is 0 Å². The van der Waals surface area contributed by atoms with E-state index in [4.69, 9.17) is 22.5 Å². The van der Waals surface area contributed by atoms with Crippen molar-refractivity contribution in [1.82, 2.24) is 0 Å². The zero-order valence-corrected chi connectivity index (χ0v) is 20.4. The van der Waals surface area contributed by atoms with Gasteiger partial charge in [0.25, 0.3) is 0 Å². The van der Waals surface area contributed by atoms with Gasteiger partial charge in [0.05, 0.1) is 26.8 Å². The van der Waals surface area contributed by atoms with Crippen LogP contribution in [0.5, 0.6) is 0 Å². The number of furan rings is 2. The molecule has 0 aliphatic heterocycles. The molecule has 0 N–H and O–H groups in total. The van der Waals surface area contributed by atoms with E-state index in [1.807, 2.05) is 6.07 Å². The highest BCUT2D eigenvalue weighted by atomic mass is 16.3. The first-order valence-electron chi connectivity index (χ1n) is 19.9. The summed E-state index contributed by atoms with van der Waals surface area (Å²) < 4.78 is 147. The molecule has 2 heterocycles. The molecule has 0 unspecified atom stereocenters. The van der Waals surface area contributed by atoms with Crippen molar-refractivity contribution < 1.29 is 29.4 Å². The molecule has 2 nitrogen and oxygen atoms in total. The lowest BCUT2D eigenvalue weighted by molar-refractivity contribution is 0.616. The highest BCUT2D eigenvalue weighted by Crippen LogP contribution is 2.49. The summed E-state index contributed by atoms with van der Waals surface area (Å²) in [6.45, 7) is 0. The zero-order valence-electron chi connectivity index (χ0n) is 35.4. The molecule has 0 bridgehead atoms. The normalized spacial score (nSPS) is 17.2. The number of benzene rings is 7. The van der Waals surface area contributed by atoms with Crippen molar-refractivity contribution in [3.8, 4) is 22.3 Å². The summed E-state index contributed by atoms with van der Waals surface area (Å²) in [5.41, 5.74) is 0.286. The smallest absolute Gasteiger partial charge is 0.144 e. The molecule has 7 aromatic carbocycles. The van der Waals surface area contributed by atoms with Gasteiger partial charge < -0.3 is 8.83 Å². The lowest BCUT2D eigenvalue weighted by Gasteiger charge is -2.19. The van der Waals surface area contributed by atoms with E-state index in [9.17, 15) is 6.85 Å². The Morgan fingerprint density at radius 1 is 0.475 bits per heavy atom. The average molecular weight is 526 g/mol. The molecule has 0 saturated carbocycles. The van der Waals surface area contributed by atoms with E-state index in [0.29, 0.717) is 27.3 Å². The molecule has 2 aromatic heterocycles. The van der Waals surface area contributed by atoms with E-state index >= 15 is 0 Å². The second-order valence-corrected chi connectivity index (χ2v) is 9.31. The number of hydrogen-bond donors (Lipinski definition) is 0. The Labute approximate surface area is 250 Å². The van der Waals surface area contributed by atoms with Crippen LogP contribution in [0.2, 0.25) is 0 Å². The SMILES string of the molecule is [2H]c1c([2H])c([2H])c2c(-c3c4c([2H])c([2H])c([2H])c([2H])c4c(-c4c5ccoc5cc5c4oc4ccccc45)c4c([2H])c([2H])c([2H])c([2H])c34)c([2H])c([2H])c([2H])c2c1[2H]. The van der Waals surface area contributed by atoms with Crippen LogP contribution in [0.4, 0.5) is 0 Å². The Morgan fingerprint density at radius 3 is 1.90 bits per heavy atom. The van der Waals surface area contributed by atoms with Gasteiger partial charge in [-0.15, -0.1) is 0 Å². The average Bonchev–Trinajstić information content (AvgIpc) is 3.80. The summed E-state index contributed by atoms with van der Waals surface area (Å²) in [5, 5.41) is -0.457. The minimum atomic E-state index is -0.772. The fourth-order valence-corrected chi connectivity index (χ4v) is 5.66. The Morgan fingerprint density at radius 2 is 1.12 bits per heavy atom. The van der Waals surface area contributed by atoms with Crippen LogP contribution in [0.25, 0.3) is 87.5 Å². The number of rotatable bonds is 2. The minimum Gasteiger partial charge on any atom is -0.464 e. The van der Waals surface area contributed by atoms with Crippen LogP contribution >= 0.6 is 0 Å². The molecule has 186 valence electrons. The van der Waals surface area contributed by atoms with E-state index in [-0.39, 0.29) is 43.8 Å². The van der Waals surface area contributed by atoms with Crippen LogP contribution in [0.3, 0.4) is 0 Å². The highest BCUT2D eigenvalue weighted by molar-refractivity contribution is 6.29. The Balaban J connectivity index is 1.70. The monoisotopic (exact) mass is 525 g/mol. The third kappa shape index (κ3) is 2.88. The van der Waals surface area contributed by atoms with Gasteiger partial charge in [-0.3, -0.25) is 0 Å². The number of fused-ring (bicyclic) bond motifs is 7. The summed E-state index contributed by atoms with van der Waals surface area (Å²) in [6, 6.07) is -0.0821. The van der Waals surface area contributed by atoms with E-state index in [2.05, 4.69) is 0 Å². The fourth-order valence-electron chi connectivity index (χ4n) is 5.66. The van der Waals surface area contributed by atoms with Crippen molar-refractivity contribution in [2.45, 2.75) is 0 Å². The molecule has 9 rings (SSSR count). The van der Waals surface area contributed by atoms with Crippen molar-refractivity contribution in [3.63, 3.8) is 0 Å². The standard InChI is InChI=1S/C38H22O2/c1-2-12-24-23(10-1)11-9-18-26(24)35-27-14-3-5-16-29(27)36(30-17-6-4-15-28(30)35)37-31-20-21-39-34(31)22-32-25-13-7-8-19-33(25)40-38(32)37/h1-22H/i1D,2D,3D,4D,5D,6D,9D,10D,11D,12D,14D,15D,16D,17D,18D. The van der Waals surface area contributed by atoms with Gasteiger partial charge in [-0.1, -0.05) is 109 Å². The predicted molar refractivity (Wildman–Crippen MR) is 167 cm³/mol. The van der Waals surface area contributed by atoms with Gasteiger partial charge in [0.2, 0.25) is 0 Å². The van der Waals surface area contributed by atoms with E-state index in [1.165, 1.54) is 6.26 Å². The molecule has 0 amide bonds. The Bertz CT molecular complexity index is 3180. The largest absolute Gasteiger partial charge is 0.464 e. The number of hydrogen-bond acceptors (Lipinski definition) is 2. The zero-order chi connectivity index (χ0) is 39.3. The predicted octanol–water partition coefficient (Wildman–Crippen LogP) is 11.1. The highest BCUT2D eigenvalue weighted by Gasteiger charge is 2.23. The van der Waals surface area contributed by atoms with Gasteiger partial charge in [-0.25, -0.2) is 0 Å². The van der Waals surface area contributed by atoms with Gasteiger partial charge in [-0.2, -0.15) is 0 Å². The summed E-state index contributed by atoms with van der Waals surface area (Å²) in [7, 11) is 0. The molecule has 0 spiro atoms. The Hall–Kier alpha value is -5.34. The van der Waals surface area contributed by atoms with Crippen molar-refractivity contribution in [2.24, 2.45) is 0 Å². The van der Waals surface area contributed by atoms with Gasteiger partial charge in [0.1, 0.15) is 16.7 Å². The van der Waals surface area contributed by atoms with Crippen LogP contribution in [-0.4, -0.2) is 0 Å². The topological polar surface area (TPSA) is 26.3 Å². The molecule has 0 aliphatic carbocycles. The van der Waals surface area contributed by atoms with Gasteiger partial charge in [0, 0.05) is 27.3 Å². The minimum absolute atomic E-state index is 0.0650. The van der Waals surface area contributed by atoms with Gasteiger partial charge in [0.15, 0.2) is 0 Å². The molecule has 0 atom stereocenters. The van der Waals surface area contributed by atoms with E-state index < -0.39 is 107 Å². The quantitative estimate of drug-likeness (QED) is 0.210. The maximum absolute atomic E-state index is 9.42. The first-order valence-corrected chi connectivity index (χ1v) is 12.4. The fraction of sp³-hybridized carbons (Fsp3) is 0. The summed E-state index contributed by atoms with van der Waals surface area (Å²) >= 11 is 0. The maximum Gasteiger partial charge on any atom is 0.144 e. The molecule has 9 aromatic rings. The molecule has 2 heteroatoms. The van der Waals surface area contributed by atoms with Crippen molar-refractivity contribution in [2.75, 3.05) is 0 Å². The van der Waals surface area contributed by atoms with E-state index in [0.717, 1.165) is 0 Å². The maximum atomic E-state index is 9.42. The lowest BCUT2D eigenvalue weighted by atomic mass is 9.83. The second-order valence-electron chi connectivity index (χ2n) is 9.31. The van der Waals surface area contributed by atoms with E-state index in [1.54, 1.807) is 30.3 Å². The van der Waals surface area contributed by atoms with Gasteiger partial charge >= 0.3 is 0 Å². The molecule has 0 fully saturated rings. The first kappa shape index (κ1) is 11.8. The van der Waals surface area contributed by atoms with Crippen molar-refractivity contribution in [1.29, 1.82) is 0 Å². The summed E-state index contributed by atoms with van der Waals surface area (Å²) in [5.74, 6) is 0. The molecule has 0 radical (unpaired) electrons. The number of para-hydroxylation sites is 1. The lowest BCUT2D eigenvalue weighted by Crippen LogP contribution is -1.92. The third-order valence-electron chi connectivity index (χ3n) is 7.29. The van der Waals surface area contributed by atoms with Crippen LogP contribution in [-0.2, 0) is 0 Å². The second kappa shape index (κ2) is 8.08. The summed E-state index contributed by atoms with van der Waals surface area (Å²) in [6.07, 6.45) is 1.41. The van der Waals surface area contributed by atoms with Crippen molar-refractivity contribution in [3.05, 3.63) is 133 Å². The van der Waals surface area contributed by atoms with Gasteiger partial charge in [-0.05, 0) is 61.6 Å². The Kier molecular flexibility index (Phi) is 2.39. The summed E-state index contributed by atoms with van der Waals surface area (Å²) in [4.78, 5) is 0. The first-order chi connectivity index (χ1) is 26.1. The van der Waals surface area contributed by atoms with Crippen LogP contribution in [0.15, 0.2) is 142 Å². The third-order valence-corrected chi connectivity index (χ3v) is 7.29. The van der Waals surface area contributed by atoms with Crippen LogP contribution < -0.4 is 0 Å². The molecule has 0 saturated heterocycles. The molecular weight excluding hydrogens is 488 g/mol.